The summed E-state index contributed by atoms with van der Waals surface area (Å²) in [7, 11) is 1.66. The fraction of sp³-hybridized carbons (Fsp3) is 0.571. The molecule has 1 fully saturated rings. The zero-order valence-electron chi connectivity index (χ0n) is 12.5. The van der Waals surface area contributed by atoms with Crippen LogP contribution in [-0.2, 0) is 4.74 Å². The molecule has 2 N–H and O–H groups in total. The van der Waals surface area contributed by atoms with Crippen molar-refractivity contribution in [1.29, 1.82) is 0 Å². The first-order chi connectivity index (χ1) is 9.99. The molecule has 7 nitrogen and oxygen atoms in total. The van der Waals surface area contributed by atoms with Crippen LogP contribution < -0.4 is 15.4 Å². The molecule has 1 unspecified atom stereocenters. The van der Waals surface area contributed by atoms with Crippen molar-refractivity contribution in [2.45, 2.75) is 32.1 Å². The van der Waals surface area contributed by atoms with Crippen molar-refractivity contribution in [1.82, 2.24) is 5.32 Å². The van der Waals surface area contributed by atoms with Gasteiger partial charge in [-0.25, -0.2) is 0 Å². The van der Waals surface area contributed by atoms with Crippen molar-refractivity contribution in [3.8, 4) is 5.75 Å². The first kappa shape index (κ1) is 15.5. The fourth-order valence-electron chi connectivity index (χ4n) is 2.37. The Morgan fingerprint density at radius 3 is 2.76 bits per heavy atom. The highest BCUT2D eigenvalue weighted by molar-refractivity contribution is 5.57. The zero-order chi connectivity index (χ0) is 15.4. The summed E-state index contributed by atoms with van der Waals surface area (Å²) in [5.74, 6) is 0.488. The van der Waals surface area contributed by atoms with Crippen LogP contribution in [0.2, 0.25) is 0 Å². The van der Waals surface area contributed by atoms with Crippen LogP contribution >= 0.6 is 0 Å². The number of nitro groups is 1. The predicted molar refractivity (Wildman–Crippen MR) is 79.9 cm³/mol. The van der Waals surface area contributed by atoms with E-state index in [4.69, 9.17) is 9.47 Å². The highest BCUT2D eigenvalue weighted by Crippen LogP contribution is 2.28. The minimum Gasteiger partial charge on any atom is -0.491 e. The van der Waals surface area contributed by atoms with Crippen LogP contribution in [0, 0.1) is 10.1 Å². The van der Waals surface area contributed by atoms with Gasteiger partial charge in [-0.15, -0.1) is 0 Å². The average molecular weight is 295 g/mol. The maximum Gasteiger partial charge on any atom is 0.275 e. The number of non-ortho nitro benzene ring substituents is 1. The summed E-state index contributed by atoms with van der Waals surface area (Å²) in [6, 6.07) is 4.80. The van der Waals surface area contributed by atoms with Gasteiger partial charge in [0.15, 0.2) is 0 Å². The third kappa shape index (κ3) is 4.05. The van der Waals surface area contributed by atoms with E-state index in [1.54, 1.807) is 13.2 Å². The van der Waals surface area contributed by atoms with E-state index in [0.29, 0.717) is 11.4 Å². The second-order valence-electron chi connectivity index (χ2n) is 5.32. The predicted octanol–water partition coefficient (Wildman–Crippen LogP) is 1.78. The molecule has 2 rings (SSSR count). The molecular formula is C14H21N3O4. The first-order valence-corrected chi connectivity index (χ1v) is 6.95. The van der Waals surface area contributed by atoms with Gasteiger partial charge in [0.1, 0.15) is 5.75 Å². The highest BCUT2D eigenvalue weighted by Gasteiger charge is 2.27. The summed E-state index contributed by atoms with van der Waals surface area (Å²) < 4.78 is 11.0. The third-order valence-electron chi connectivity index (χ3n) is 3.29. The number of hydrogen-bond donors (Lipinski definition) is 2. The molecule has 0 aliphatic carbocycles. The van der Waals surface area contributed by atoms with Crippen molar-refractivity contribution in [2.75, 3.05) is 25.5 Å². The van der Waals surface area contributed by atoms with Gasteiger partial charge in [-0.1, -0.05) is 0 Å². The number of nitrogens with zero attached hydrogens (tertiary/aromatic N) is 1. The molecule has 1 aliphatic rings. The molecule has 0 bridgehead atoms. The van der Waals surface area contributed by atoms with E-state index in [1.165, 1.54) is 12.1 Å². The molecule has 0 radical (unpaired) electrons. The number of rotatable bonds is 6. The molecule has 116 valence electrons. The third-order valence-corrected chi connectivity index (χ3v) is 3.29. The van der Waals surface area contributed by atoms with Crippen LogP contribution in [0.15, 0.2) is 18.2 Å². The van der Waals surface area contributed by atoms with E-state index >= 15 is 0 Å². The standard InChI is InChI=1S/C14H21N3O4/c1-9(2)21-12-5-10(4-11(6-12)17(18)19)16-13-7-15-8-14(13)20-3/h4-6,9,13-16H,7-8H2,1-3H3/t13?,14-/m0/s1. The average Bonchev–Trinajstić information content (AvgIpc) is 2.84. The van der Waals surface area contributed by atoms with Gasteiger partial charge < -0.3 is 20.1 Å². The lowest BCUT2D eigenvalue weighted by atomic mass is 10.2. The van der Waals surface area contributed by atoms with Gasteiger partial charge in [0.05, 0.1) is 29.2 Å². The molecule has 21 heavy (non-hydrogen) atoms. The number of methoxy groups -OCH3 is 1. The minimum absolute atomic E-state index is 0.00979. The van der Waals surface area contributed by atoms with Gasteiger partial charge in [-0.3, -0.25) is 10.1 Å². The Labute approximate surface area is 123 Å². The van der Waals surface area contributed by atoms with E-state index in [0.717, 1.165) is 13.1 Å². The molecule has 2 atom stereocenters. The summed E-state index contributed by atoms with van der Waals surface area (Å²) >= 11 is 0. The largest absolute Gasteiger partial charge is 0.491 e. The Balaban J connectivity index is 2.21. The lowest BCUT2D eigenvalue weighted by molar-refractivity contribution is -0.384. The number of hydrogen-bond acceptors (Lipinski definition) is 6. The van der Waals surface area contributed by atoms with E-state index in [2.05, 4.69) is 10.6 Å². The SMILES string of the molecule is CO[C@H]1CNCC1Nc1cc(OC(C)C)cc([N+](=O)[O-])c1. The number of benzene rings is 1. The maximum atomic E-state index is 11.0. The molecule has 1 aliphatic heterocycles. The van der Waals surface area contributed by atoms with E-state index in [1.807, 2.05) is 13.8 Å². The highest BCUT2D eigenvalue weighted by atomic mass is 16.6. The smallest absolute Gasteiger partial charge is 0.275 e. The number of anilines is 1. The second kappa shape index (κ2) is 6.73. The molecule has 1 saturated heterocycles. The number of ether oxygens (including phenoxy) is 2. The lowest BCUT2D eigenvalue weighted by Gasteiger charge is -2.20. The van der Waals surface area contributed by atoms with Gasteiger partial charge >= 0.3 is 0 Å². The fourth-order valence-corrected chi connectivity index (χ4v) is 2.37. The molecule has 1 aromatic rings. The Morgan fingerprint density at radius 1 is 1.38 bits per heavy atom. The normalized spacial score (nSPS) is 21.5. The molecule has 0 saturated carbocycles. The number of nitro benzene ring substituents is 1. The zero-order valence-corrected chi connectivity index (χ0v) is 12.5. The topological polar surface area (TPSA) is 85.7 Å². The Kier molecular flexibility index (Phi) is 4.98. The Hall–Kier alpha value is -1.86. The second-order valence-corrected chi connectivity index (χ2v) is 5.32. The maximum absolute atomic E-state index is 11.0. The summed E-state index contributed by atoms with van der Waals surface area (Å²) in [4.78, 5) is 10.6. The summed E-state index contributed by atoms with van der Waals surface area (Å²) in [5, 5.41) is 17.5. The van der Waals surface area contributed by atoms with Gasteiger partial charge in [-0.05, 0) is 13.8 Å². The van der Waals surface area contributed by atoms with Crippen LogP contribution in [0.4, 0.5) is 11.4 Å². The molecule has 0 aromatic heterocycles. The molecular weight excluding hydrogens is 274 g/mol. The van der Waals surface area contributed by atoms with E-state index in [9.17, 15) is 10.1 Å². The molecule has 0 amide bonds. The van der Waals surface area contributed by atoms with Gasteiger partial charge in [0.2, 0.25) is 0 Å². The van der Waals surface area contributed by atoms with Crippen LogP contribution in [0.3, 0.4) is 0 Å². The quantitative estimate of drug-likeness (QED) is 0.614. The van der Waals surface area contributed by atoms with Crippen LogP contribution in [0.25, 0.3) is 0 Å². The van der Waals surface area contributed by atoms with Crippen molar-refractivity contribution in [3.05, 3.63) is 28.3 Å². The van der Waals surface area contributed by atoms with Gasteiger partial charge in [0.25, 0.3) is 5.69 Å². The van der Waals surface area contributed by atoms with Crippen molar-refractivity contribution >= 4 is 11.4 Å². The lowest BCUT2D eigenvalue weighted by Crippen LogP contribution is -2.33. The monoisotopic (exact) mass is 295 g/mol. The van der Waals surface area contributed by atoms with Gasteiger partial charge in [0, 0.05) is 38.0 Å². The molecule has 0 spiro atoms. The summed E-state index contributed by atoms with van der Waals surface area (Å²) in [6.45, 7) is 5.28. The van der Waals surface area contributed by atoms with Crippen LogP contribution in [0.1, 0.15) is 13.8 Å². The van der Waals surface area contributed by atoms with E-state index in [-0.39, 0.29) is 23.9 Å². The van der Waals surface area contributed by atoms with Gasteiger partial charge in [-0.2, -0.15) is 0 Å². The van der Waals surface area contributed by atoms with E-state index < -0.39 is 4.92 Å². The van der Waals surface area contributed by atoms with Crippen molar-refractivity contribution in [2.24, 2.45) is 0 Å². The Morgan fingerprint density at radius 2 is 2.14 bits per heavy atom. The molecule has 7 heteroatoms. The van der Waals surface area contributed by atoms with Crippen molar-refractivity contribution < 1.29 is 14.4 Å². The number of nitrogens with one attached hydrogen (secondary N) is 2. The summed E-state index contributed by atoms with van der Waals surface area (Å²) in [6.07, 6.45) is -0.00143. The Bertz CT molecular complexity index is 507. The minimum atomic E-state index is -0.418. The summed E-state index contributed by atoms with van der Waals surface area (Å²) in [5.41, 5.74) is 0.672. The molecule has 1 aromatic carbocycles. The van der Waals surface area contributed by atoms with Crippen LogP contribution in [-0.4, -0.2) is 43.4 Å². The van der Waals surface area contributed by atoms with Crippen LogP contribution in [0.5, 0.6) is 5.75 Å². The first-order valence-electron chi connectivity index (χ1n) is 6.95. The van der Waals surface area contributed by atoms with Crippen molar-refractivity contribution in [3.63, 3.8) is 0 Å². The molecule has 1 heterocycles.